The molecule has 3 atom stereocenters. The van der Waals surface area contributed by atoms with Crippen molar-refractivity contribution in [2.24, 2.45) is 17.8 Å². The summed E-state index contributed by atoms with van der Waals surface area (Å²) in [6.45, 7) is 17.1. The van der Waals surface area contributed by atoms with E-state index in [0.717, 1.165) is 0 Å². The van der Waals surface area contributed by atoms with Gasteiger partial charge in [0.05, 0.1) is 112 Å². The van der Waals surface area contributed by atoms with Gasteiger partial charge in [-0.2, -0.15) is 0 Å². The first-order chi connectivity index (χ1) is 26.8. The van der Waals surface area contributed by atoms with Crippen molar-refractivity contribution in [3.05, 3.63) is 0 Å². The smallest absolute Gasteiger partial charge is 0.243 e. The Hall–Kier alpha value is -3.10. The summed E-state index contributed by atoms with van der Waals surface area (Å²) in [7, 11) is 0. The van der Waals surface area contributed by atoms with E-state index in [1.807, 2.05) is 27.7 Å². The molecule has 0 aromatic rings. The Labute approximate surface area is 332 Å². The van der Waals surface area contributed by atoms with Crippen LogP contribution in [-0.2, 0) is 66.7 Å². The summed E-state index contributed by atoms with van der Waals surface area (Å²) in [6.07, 6.45) is 0.389. The Bertz CT molecular complexity index is 1140. The Kier molecular flexibility index (Phi) is 29.0. The minimum absolute atomic E-state index is 0.0726. The Morgan fingerprint density at radius 2 is 1.04 bits per heavy atom. The summed E-state index contributed by atoms with van der Waals surface area (Å²) < 4.78 is 43.7. The van der Waals surface area contributed by atoms with Crippen molar-refractivity contribution in [3.63, 3.8) is 0 Å². The second-order valence-corrected chi connectivity index (χ2v) is 13.8. The van der Waals surface area contributed by atoms with Crippen LogP contribution in [0.15, 0.2) is 0 Å². The first kappa shape index (κ1) is 50.9. The molecule has 18 heteroatoms. The van der Waals surface area contributed by atoms with E-state index in [1.165, 1.54) is 11.8 Å². The third-order valence-electron chi connectivity index (χ3n) is 8.53. The van der Waals surface area contributed by atoms with E-state index in [1.54, 1.807) is 6.92 Å². The second kappa shape index (κ2) is 31.9. The normalized spacial score (nSPS) is 15.4. The van der Waals surface area contributed by atoms with Gasteiger partial charge in [-0.15, -0.1) is 0 Å². The molecule has 324 valence electrons. The van der Waals surface area contributed by atoms with Crippen LogP contribution in [0.25, 0.3) is 0 Å². The van der Waals surface area contributed by atoms with Gasteiger partial charge in [-0.1, -0.05) is 27.7 Å². The standard InChI is InChI=1S/C38H68N4O14/c1-28(2)32-27-35(46)42(38(32)48)10-7-33(44)39-9-12-50-14-16-52-18-20-54-22-24-56-26-25-55-23-21-53-19-17-51-15-13-49-11-8-34(45)41-36(29(3)4)37(47)40-30(5)31(6)43/h28-30,32,36H,7-27H2,1-6H3,(H,39,44)(H,40,47)(H,41,45). The number of hydrogen-bond donors (Lipinski definition) is 3. The fourth-order valence-corrected chi connectivity index (χ4v) is 5.02. The molecule has 0 bridgehead atoms. The van der Waals surface area contributed by atoms with Crippen molar-refractivity contribution in [1.29, 1.82) is 0 Å². The van der Waals surface area contributed by atoms with Crippen molar-refractivity contribution >= 4 is 35.3 Å². The number of hydrogen-bond acceptors (Lipinski definition) is 14. The molecule has 0 aromatic carbocycles. The summed E-state index contributed by atoms with van der Waals surface area (Å²) in [5.74, 6) is -1.83. The molecule has 1 saturated heterocycles. The minimum Gasteiger partial charge on any atom is -0.379 e. The van der Waals surface area contributed by atoms with Gasteiger partial charge in [0.15, 0.2) is 5.78 Å². The molecular weight excluding hydrogens is 736 g/mol. The average molecular weight is 805 g/mol. The highest BCUT2D eigenvalue weighted by atomic mass is 16.6. The van der Waals surface area contributed by atoms with Crippen molar-refractivity contribution in [2.75, 3.05) is 119 Å². The number of ketones is 1. The second-order valence-electron chi connectivity index (χ2n) is 13.8. The third kappa shape index (κ3) is 24.5. The molecule has 0 aromatic heterocycles. The molecule has 18 nitrogen and oxygen atoms in total. The van der Waals surface area contributed by atoms with Crippen LogP contribution in [0.4, 0.5) is 0 Å². The lowest BCUT2D eigenvalue weighted by molar-refractivity contribution is -0.140. The van der Waals surface area contributed by atoms with E-state index >= 15 is 0 Å². The van der Waals surface area contributed by atoms with Gasteiger partial charge >= 0.3 is 0 Å². The zero-order chi connectivity index (χ0) is 41.6. The summed E-state index contributed by atoms with van der Waals surface area (Å²) in [6, 6.07) is -1.35. The topological polar surface area (TPSA) is 216 Å². The number of nitrogens with zero attached hydrogens (tertiary/aromatic N) is 1. The Balaban J connectivity index is 1.80. The van der Waals surface area contributed by atoms with Gasteiger partial charge in [0, 0.05) is 38.3 Å². The van der Waals surface area contributed by atoms with Crippen LogP contribution in [0, 0.1) is 17.8 Å². The number of ether oxygens (including phenoxy) is 8. The number of amides is 5. The van der Waals surface area contributed by atoms with Crippen LogP contribution in [0.2, 0.25) is 0 Å². The first-order valence-corrected chi connectivity index (χ1v) is 19.7. The van der Waals surface area contributed by atoms with Crippen molar-refractivity contribution in [3.8, 4) is 0 Å². The molecule has 0 saturated carbocycles. The van der Waals surface area contributed by atoms with Gasteiger partial charge in [-0.3, -0.25) is 33.7 Å². The largest absolute Gasteiger partial charge is 0.379 e. The van der Waals surface area contributed by atoms with E-state index in [0.29, 0.717) is 106 Å². The summed E-state index contributed by atoms with van der Waals surface area (Å²) in [4.78, 5) is 73.7. The first-order valence-electron chi connectivity index (χ1n) is 19.7. The van der Waals surface area contributed by atoms with Gasteiger partial charge in [-0.25, -0.2) is 0 Å². The summed E-state index contributed by atoms with van der Waals surface area (Å²) >= 11 is 0. The highest BCUT2D eigenvalue weighted by Gasteiger charge is 2.39. The van der Waals surface area contributed by atoms with Gasteiger partial charge in [0.25, 0.3) is 0 Å². The van der Waals surface area contributed by atoms with E-state index in [-0.39, 0.29) is 79.6 Å². The molecule has 5 amide bonds. The lowest BCUT2D eigenvalue weighted by atomic mass is 9.94. The summed E-state index contributed by atoms with van der Waals surface area (Å²) in [5, 5.41) is 8.05. The van der Waals surface area contributed by atoms with Crippen molar-refractivity contribution in [2.45, 2.75) is 72.9 Å². The molecule has 1 aliphatic rings. The van der Waals surface area contributed by atoms with Gasteiger partial charge < -0.3 is 53.8 Å². The highest BCUT2D eigenvalue weighted by molar-refractivity contribution is 6.03. The molecule has 56 heavy (non-hydrogen) atoms. The van der Waals surface area contributed by atoms with Crippen molar-refractivity contribution in [1.82, 2.24) is 20.9 Å². The predicted octanol–water partition coefficient (Wildman–Crippen LogP) is 0.281. The van der Waals surface area contributed by atoms with E-state index in [9.17, 15) is 28.8 Å². The fourth-order valence-electron chi connectivity index (χ4n) is 5.02. The Morgan fingerprint density at radius 3 is 1.43 bits per heavy atom. The molecule has 0 aliphatic carbocycles. The molecule has 1 fully saturated rings. The lowest BCUT2D eigenvalue weighted by Crippen LogP contribution is -2.52. The average Bonchev–Trinajstić information content (AvgIpc) is 3.44. The number of carbonyl (C=O) groups is 6. The molecule has 0 radical (unpaired) electrons. The number of imide groups is 1. The molecule has 0 spiro atoms. The lowest BCUT2D eigenvalue weighted by Gasteiger charge is -2.23. The maximum absolute atomic E-state index is 12.4. The molecule has 3 N–H and O–H groups in total. The monoisotopic (exact) mass is 804 g/mol. The van der Waals surface area contributed by atoms with Crippen LogP contribution in [0.3, 0.4) is 0 Å². The van der Waals surface area contributed by atoms with Crippen LogP contribution in [0.1, 0.15) is 60.8 Å². The fraction of sp³-hybridized carbons (Fsp3) is 0.842. The number of carbonyl (C=O) groups excluding carboxylic acids is 6. The SMILES string of the molecule is CC(=O)C(C)NC(=O)C(NC(=O)CCOCCOCCOCCOCCOCCOCCOCCOCCNC(=O)CCN1C(=O)CC(C(C)C)C1=O)C(C)C. The molecule has 3 unspecified atom stereocenters. The third-order valence-corrected chi connectivity index (χ3v) is 8.53. The van der Waals surface area contributed by atoms with Crippen LogP contribution in [-0.4, -0.2) is 171 Å². The number of Topliss-reactive ketones (excluding diaryl/α,β-unsaturated/α-hetero) is 1. The molecule has 1 aliphatic heterocycles. The van der Waals surface area contributed by atoms with Gasteiger partial charge in [0.1, 0.15) is 6.04 Å². The van der Waals surface area contributed by atoms with Gasteiger partial charge in [0.2, 0.25) is 29.5 Å². The highest BCUT2D eigenvalue weighted by Crippen LogP contribution is 2.26. The molecule has 1 rings (SSSR count). The number of rotatable bonds is 36. The quantitative estimate of drug-likeness (QED) is 0.0574. The van der Waals surface area contributed by atoms with Crippen LogP contribution < -0.4 is 16.0 Å². The predicted molar refractivity (Wildman–Crippen MR) is 204 cm³/mol. The molecule has 1 heterocycles. The van der Waals surface area contributed by atoms with E-state index < -0.39 is 18.0 Å². The maximum atomic E-state index is 12.4. The molecular formula is C38H68N4O14. The van der Waals surface area contributed by atoms with E-state index in [4.69, 9.17) is 37.9 Å². The van der Waals surface area contributed by atoms with Gasteiger partial charge in [-0.05, 0) is 25.7 Å². The van der Waals surface area contributed by atoms with Crippen LogP contribution >= 0.6 is 0 Å². The van der Waals surface area contributed by atoms with Crippen molar-refractivity contribution < 1.29 is 66.7 Å². The Morgan fingerprint density at radius 1 is 0.607 bits per heavy atom. The zero-order valence-electron chi connectivity index (χ0n) is 34.4. The number of likely N-dealkylation sites (tertiary alicyclic amines) is 1. The van der Waals surface area contributed by atoms with Crippen LogP contribution in [0.5, 0.6) is 0 Å². The van der Waals surface area contributed by atoms with E-state index in [2.05, 4.69) is 16.0 Å². The zero-order valence-corrected chi connectivity index (χ0v) is 34.4. The minimum atomic E-state index is -0.736. The summed E-state index contributed by atoms with van der Waals surface area (Å²) in [5.41, 5.74) is 0. The maximum Gasteiger partial charge on any atom is 0.243 e. The number of nitrogens with one attached hydrogen (secondary N) is 3.